The van der Waals surface area contributed by atoms with Crippen LogP contribution in [0.2, 0.25) is 0 Å². The van der Waals surface area contributed by atoms with Crippen molar-refractivity contribution in [1.29, 1.82) is 0 Å². The van der Waals surface area contributed by atoms with Gasteiger partial charge < -0.3 is 16.0 Å². The average molecular weight is 402 g/mol. The number of nitrogens with two attached hydrogens (primary N) is 1. The number of carbonyl (C=O) groups excluding carboxylic acids is 2. The zero-order valence-electron chi connectivity index (χ0n) is 16.4. The minimum atomic E-state index is -0.489. The number of hydrogen-bond acceptors (Lipinski definition) is 6. The number of primary amides is 1. The minimum absolute atomic E-state index is 0.0144. The van der Waals surface area contributed by atoms with Crippen LogP contribution in [-0.4, -0.2) is 40.1 Å². The highest BCUT2D eigenvalue weighted by Crippen LogP contribution is 2.24. The Morgan fingerprint density at radius 1 is 1.00 bits per heavy atom. The number of nitrogens with one attached hydrogen (secondary N) is 1. The smallest absolute Gasteiger partial charge is 0.248 e. The number of benzene rings is 1. The molecule has 8 nitrogen and oxygen atoms in total. The maximum Gasteiger partial charge on any atom is 0.248 e. The number of carbonyl (C=O) groups is 2. The Morgan fingerprint density at radius 3 is 2.37 bits per heavy atom. The van der Waals surface area contributed by atoms with Crippen molar-refractivity contribution in [3.05, 3.63) is 66.5 Å². The van der Waals surface area contributed by atoms with Crippen LogP contribution < -0.4 is 16.0 Å². The minimum Gasteiger partial charge on any atom is -0.366 e. The van der Waals surface area contributed by atoms with Gasteiger partial charge in [0.2, 0.25) is 11.8 Å². The zero-order valence-corrected chi connectivity index (χ0v) is 16.4. The lowest BCUT2D eigenvalue weighted by Crippen LogP contribution is -2.38. The zero-order chi connectivity index (χ0) is 20.9. The average Bonchev–Trinajstić information content (AvgIpc) is 2.80. The Kier molecular flexibility index (Phi) is 5.65. The first-order valence-corrected chi connectivity index (χ1v) is 9.80. The summed E-state index contributed by atoms with van der Waals surface area (Å²) in [6.07, 6.45) is 4.95. The van der Waals surface area contributed by atoms with E-state index in [4.69, 9.17) is 5.73 Å². The number of hydrogen-bond donors (Lipinski definition) is 2. The molecule has 0 saturated carbocycles. The SMILES string of the molecule is NC(=O)c1ccc(NC(=O)C2CCN(c3ccc(-c4cccnc4)nn3)CC2)cc1. The van der Waals surface area contributed by atoms with Crippen molar-refractivity contribution < 1.29 is 9.59 Å². The fourth-order valence-corrected chi connectivity index (χ4v) is 3.50. The fraction of sp³-hybridized carbons (Fsp3) is 0.227. The van der Waals surface area contributed by atoms with Gasteiger partial charge in [0.05, 0.1) is 5.69 Å². The molecule has 1 aromatic carbocycles. The highest BCUT2D eigenvalue weighted by Gasteiger charge is 2.26. The van der Waals surface area contributed by atoms with E-state index < -0.39 is 5.91 Å². The molecular formula is C22H22N6O2. The molecule has 2 aromatic heterocycles. The molecular weight excluding hydrogens is 380 g/mol. The molecule has 3 aromatic rings. The monoisotopic (exact) mass is 402 g/mol. The van der Waals surface area contributed by atoms with Crippen LogP contribution >= 0.6 is 0 Å². The van der Waals surface area contributed by atoms with E-state index in [-0.39, 0.29) is 11.8 Å². The topological polar surface area (TPSA) is 114 Å². The van der Waals surface area contributed by atoms with Gasteiger partial charge in [-0.15, -0.1) is 10.2 Å². The Morgan fingerprint density at radius 2 is 1.77 bits per heavy atom. The molecule has 2 amide bonds. The molecule has 30 heavy (non-hydrogen) atoms. The Bertz CT molecular complexity index is 1010. The largest absolute Gasteiger partial charge is 0.366 e. The number of piperidine rings is 1. The number of aromatic nitrogens is 3. The lowest BCUT2D eigenvalue weighted by atomic mass is 9.95. The van der Waals surface area contributed by atoms with Crippen LogP contribution in [0.25, 0.3) is 11.3 Å². The molecule has 0 atom stereocenters. The molecule has 8 heteroatoms. The molecule has 0 radical (unpaired) electrons. The number of amides is 2. The van der Waals surface area contributed by atoms with E-state index in [0.717, 1.165) is 43.0 Å². The van der Waals surface area contributed by atoms with Gasteiger partial charge in [0, 0.05) is 48.2 Å². The van der Waals surface area contributed by atoms with Gasteiger partial charge in [-0.05, 0) is 61.4 Å². The summed E-state index contributed by atoms with van der Waals surface area (Å²) < 4.78 is 0. The van der Waals surface area contributed by atoms with Crippen LogP contribution in [0, 0.1) is 5.92 Å². The van der Waals surface area contributed by atoms with Gasteiger partial charge >= 0.3 is 0 Å². The number of anilines is 2. The fourth-order valence-electron chi connectivity index (χ4n) is 3.50. The third kappa shape index (κ3) is 4.43. The quantitative estimate of drug-likeness (QED) is 0.678. The highest BCUT2D eigenvalue weighted by molar-refractivity contribution is 5.95. The summed E-state index contributed by atoms with van der Waals surface area (Å²) in [5, 5.41) is 11.6. The summed E-state index contributed by atoms with van der Waals surface area (Å²) in [4.78, 5) is 30.0. The summed E-state index contributed by atoms with van der Waals surface area (Å²) in [6.45, 7) is 1.47. The predicted molar refractivity (Wildman–Crippen MR) is 114 cm³/mol. The summed E-state index contributed by atoms with van der Waals surface area (Å²) in [5.74, 6) is 0.236. The lowest BCUT2D eigenvalue weighted by molar-refractivity contribution is -0.120. The summed E-state index contributed by atoms with van der Waals surface area (Å²) >= 11 is 0. The van der Waals surface area contributed by atoms with Crippen molar-refractivity contribution in [3.8, 4) is 11.3 Å². The Balaban J connectivity index is 1.32. The molecule has 0 bridgehead atoms. The molecule has 3 N–H and O–H groups in total. The Labute approximate surface area is 174 Å². The second-order valence-electron chi connectivity index (χ2n) is 7.21. The summed E-state index contributed by atoms with van der Waals surface area (Å²) in [6, 6.07) is 14.3. The van der Waals surface area contributed by atoms with Crippen molar-refractivity contribution >= 4 is 23.3 Å². The van der Waals surface area contributed by atoms with E-state index in [1.807, 2.05) is 24.3 Å². The molecule has 152 valence electrons. The van der Waals surface area contributed by atoms with Gasteiger partial charge in [-0.3, -0.25) is 14.6 Å². The van der Waals surface area contributed by atoms with Gasteiger partial charge in [-0.1, -0.05) is 0 Å². The van der Waals surface area contributed by atoms with Gasteiger partial charge in [-0.2, -0.15) is 0 Å². The standard InChI is InChI=1S/C22H22N6O2/c23-21(29)15-3-5-18(6-4-15)25-22(30)16-9-12-28(13-10-16)20-8-7-19(26-27-20)17-2-1-11-24-14-17/h1-8,11,14,16H,9-10,12-13H2,(H2,23,29)(H,25,30). The first-order valence-electron chi connectivity index (χ1n) is 9.80. The lowest BCUT2D eigenvalue weighted by Gasteiger charge is -2.31. The van der Waals surface area contributed by atoms with E-state index in [0.29, 0.717) is 11.3 Å². The second-order valence-corrected chi connectivity index (χ2v) is 7.21. The van der Waals surface area contributed by atoms with Gasteiger partial charge in [0.15, 0.2) is 5.82 Å². The molecule has 1 saturated heterocycles. The molecule has 0 spiro atoms. The molecule has 1 aliphatic heterocycles. The van der Waals surface area contributed by atoms with E-state index in [9.17, 15) is 9.59 Å². The van der Waals surface area contributed by atoms with Crippen molar-refractivity contribution in [2.75, 3.05) is 23.3 Å². The molecule has 1 aliphatic rings. The van der Waals surface area contributed by atoms with Crippen molar-refractivity contribution in [1.82, 2.24) is 15.2 Å². The van der Waals surface area contributed by atoms with Crippen LogP contribution in [0.1, 0.15) is 23.2 Å². The van der Waals surface area contributed by atoms with Crippen LogP contribution in [0.3, 0.4) is 0 Å². The number of rotatable bonds is 5. The van der Waals surface area contributed by atoms with Gasteiger partial charge in [0.1, 0.15) is 0 Å². The Hall–Kier alpha value is -3.81. The van der Waals surface area contributed by atoms with E-state index in [1.165, 1.54) is 0 Å². The maximum absolute atomic E-state index is 12.6. The van der Waals surface area contributed by atoms with Crippen molar-refractivity contribution in [2.45, 2.75) is 12.8 Å². The van der Waals surface area contributed by atoms with Gasteiger partial charge in [0.25, 0.3) is 0 Å². The molecule has 4 rings (SSSR count). The summed E-state index contributed by atoms with van der Waals surface area (Å²) in [7, 11) is 0. The van der Waals surface area contributed by atoms with E-state index >= 15 is 0 Å². The third-order valence-electron chi connectivity index (χ3n) is 5.23. The number of nitrogens with zero attached hydrogens (tertiary/aromatic N) is 4. The van der Waals surface area contributed by atoms with Crippen LogP contribution in [0.15, 0.2) is 60.9 Å². The second kappa shape index (κ2) is 8.69. The first kappa shape index (κ1) is 19.5. The van der Waals surface area contributed by atoms with Crippen LogP contribution in [0.5, 0.6) is 0 Å². The highest BCUT2D eigenvalue weighted by atomic mass is 16.2. The van der Waals surface area contributed by atoms with Crippen molar-refractivity contribution in [3.63, 3.8) is 0 Å². The van der Waals surface area contributed by atoms with Crippen LogP contribution in [0.4, 0.5) is 11.5 Å². The molecule has 3 heterocycles. The summed E-state index contributed by atoms with van der Waals surface area (Å²) in [5.41, 5.74) is 8.02. The van der Waals surface area contributed by atoms with Crippen LogP contribution in [-0.2, 0) is 4.79 Å². The first-order chi connectivity index (χ1) is 14.6. The maximum atomic E-state index is 12.6. The van der Waals surface area contributed by atoms with E-state index in [2.05, 4.69) is 25.4 Å². The number of pyridine rings is 1. The normalized spacial score (nSPS) is 14.3. The van der Waals surface area contributed by atoms with Crippen molar-refractivity contribution in [2.24, 2.45) is 11.7 Å². The molecule has 1 fully saturated rings. The third-order valence-corrected chi connectivity index (χ3v) is 5.23. The molecule has 0 aliphatic carbocycles. The van der Waals surface area contributed by atoms with Gasteiger partial charge in [-0.25, -0.2) is 0 Å². The van der Waals surface area contributed by atoms with E-state index in [1.54, 1.807) is 36.7 Å². The predicted octanol–water partition coefficient (Wildman–Crippen LogP) is 2.49. The molecule has 0 unspecified atom stereocenters.